The molecule has 18 heteroatoms. The third-order valence-electron chi connectivity index (χ3n) is 0.440. The Balaban J connectivity index is -0.0000000533. The predicted molar refractivity (Wildman–Crippen MR) is 61.7 cm³/mol. The Kier molecular flexibility index (Phi) is 33.5. The van der Waals surface area contributed by atoms with E-state index in [9.17, 15) is 14.4 Å². The molecule has 21 heavy (non-hydrogen) atoms. The molecule has 0 aromatic rings. The number of hydrogen-bond acceptors (Lipinski definition) is 7. The summed E-state index contributed by atoms with van der Waals surface area (Å²) in [6.45, 7) is 0. The monoisotopic (exact) mass is 361 g/mol. The van der Waals surface area contributed by atoms with Crippen molar-refractivity contribution in [2.75, 3.05) is 0 Å². The van der Waals surface area contributed by atoms with Crippen molar-refractivity contribution >= 4 is 25.9 Å². The molecule has 0 aromatic carbocycles. The van der Waals surface area contributed by atoms with Crippen LogP contribution in [0, 0.1) is 0 Å². The van der Waals surface area contributed by atoms with E-state index >= 15 is 0 Å². The summed E-state index contributed by atoms with van der Waals surface area (Å²) < 4.78 is 8.77. The second kappa shape index (κ2) is 21.7. The SMILES string of the molecule is NC(=O)[N-][NH3+].NNC(N)=O.NNC(N)=O.O=P([O-])(O)O.[K+]. The molecule has 0 radical (unpaired) electrons. The number of nitrogens with zero attached hydrogens (tertiary/aromatic N) is 1. The largest absolute Gasteiger partial charge is 1.00 e. The van der Waals surface area contributed by atoms with Crippen molar-refractivity contribution in [2.45, 2.75) is 0 Å². The maximum absolute atomic E-state index is 9.36. The van der Waals surface area contributed by atoms with E-state index in [2.05, 4.69) is 40.2 Å². The summed E-state index contributed by atoms with van der Waals surface area (Å²) in [5, 5.41) is 0. The summed E-state index contributed by atoms with van der Waals surface area (Å²) in [6.07, 6.45) is 0. The fourth-order valence-electron chi connectivity index (χ4n) is 0. The number of carbonyl (C=O) groups excluding carboxylic acids is 3. The first-order valence-corrected chi connectivity index (χ1v) is 5.39. The third-order valence-corrected chi connectivity index (χ3v) is 0.440. The van der Waals surface area contributed by atoms with Crippen LogP contribution < -0.4 is 102 Å². The summed E-state index contributed by atoms with van der Waals surface area (Å²) in [4.78, 5) is 51.0. The van der Waals surface area contributed by atoms with Gasteiger partial charge in [0.05, 0.1) is 0 Å². The Morgan fingerprint density at radius 1 is 1.05 bits per heavy atom. The number of quaternary nitrogens is 1. The van der Waals surface area contributed by atoms with Crippen molar-refractivity contribution in [3.05, 3.63) is 5.43 Å². The van der Waals surface area contributed by atoms with E-state index < -0.39 is 25.9 Å². The number of nitrogens with two attached hydrogens (primary N) is 5. The van der Waals surface area contributed by atoms with Gasteiger partial charge in [0.25, 0.3) is 7.82 Å². The minimum atomic E-state index is -4.89. The molecule has 0 saturated carbocycles. The fraction of sp³-hybridized carbons (Fsp3) is 0. The van der Waals surface area contributed by atoms with Gasteiger partial charge in [-0.05, 0) is 0 Å². The second-order valence-electron chi connectivity index (χ2n) is 2.00. The maximum Gasteiger partial charge on any atom is 1.00 e. The van der Waals surface area contributed by atoms with Gasteiger partial charge in [-0.2, -0.15) is 0 Å². The minimum absolute atomic E-state index is 0. The number of primary amides is 3. The van der Waals surface area contributed by atoms with Gasteiger partial charge >= 0.3 is 63.4 Å². The molecule has 0 aromatic heterocycles. The summed E-state index contributed by atoms with van der Waals surface area (Å²) in [7, 11) is -4.89. The Bertz CT molecular complexity index is 281. The van der Waals surface area contributed by atoms with Crippen molar-refractivity contribution in [3.63, 3.8) is 0 Å². The first-order valence-electron chi connectivity index (χ1n) is 3.86. The summed E-state index contributed by atoms with van der Waals surface area (Å²) >= 11 is 0. The molecule has 0 rings (SSSR count). The molecule has 0 aliphatic heterocycles. The summed E-state index contributed by atoms with van der Waals surface area (Å²) in [6, 6.07) is -2.17. The van der Waals surface area contributed by atoms with Gasteiger partial charge in [0.15, 0.2) is 6.03 Å². The number of phosphoric acid groups is 1. The molecule has 0 unspecified atom stereocenters. The number of urea groups is 3. The van der Waals surface area contributed by atoms with Gasteiger partial charge in [-0.15, -0.1) is 0 Å². The number of nitrogens with one attached hydrogen (secondary N) is 2. The van der Waals surface area contributed by atoms with Crippen molar-refractivity contribution < 1.29 is 90.9 Å². The van der Waals surface area contributed by atoms with Crippen LogP contribution in [-0.2, 0) is 4.57 Å². The molecule has 0 aliphatic rings. The molecular formula is C3H17KN9O7P. The van der Waals surface area contributed by atoms with Gasteiger partial charge in [0, 0.05) is 0 Å². The van der Waals surface area contributed by atoms with Crippen LogP contribution in [0.15, 0.2) is 0 Å². The van der Waals surface area contributed by atoms with E-state index in [0.717, 1.165) is 0 Å². The van der Waals surface area contributed by atoms with Crippen LogP contribution in [0.3, 0.4) is 0 Å². The quantitative estimate of drug-likeness (QED) is 0.0642. The molecule has 6 amide bonds. The van der Waals surface area contributed by atoms with E-state index in [0.29, 0.717) is 0 Å². The molecular weight excluding hydrogens is 344 g/mol. The summed E-state index contributed by atoms with van der Waals surface area (Å²) in [5.41, 5.74) is 19.4. The number of amides is 6. The summed E-state index contributed by atoms with van der Waals surface area (Å²) in [5.74, 6) is 11.7. The zero-order valence-electron chi connectivity index (χ0n) is 10.9. The normalized spacial score (nSPS) is 7.52. The van der Waals surface area contributed by atoms with Gasteiger partial charge in [0.2, 0.25) is 0 Å². The number of hydrazine groups is 2. The van der Waals surface area contributed by atoms with Gasteiger partial charge < -0.3 is 37.7 Å². The Morgan fingerprint density at radius 3 is 1.14 bits per heavy atom. The van der Waals surface area contributed by atoms with Crippen LogP contribution in [0.2, 0.25) is 0 Å². The number of hydrogen-bond donors (Lipinski definition) is 10. The van der Waals surface area contributed by atoms with Crippen molar-refractivity contribution in [1.82, 2.24) is 10.9 Å². The van der Waals surface area contributed by atoms with Crippen LogP contribution in [0.1, 0.15) is 0 Å². The molecule has 16 nitrogen and oxygen atoms in total. The van der Waals surface area contributed by atoms with E-state index in [1.165, 1.54) is 0 Å². The van der Waals surface area contributed by atoms with Gasteiger partial charge in [0.1, 0.15) is 0 Å². The topological polar surface area (TPSA) is 328 Å². The zero-order chi connectivity index (χ0) is 17.4. The first-order chi connectivity index (χ1) is 8.81. The maximum atomic E-state index is 9.36. The molecule has 0 atom stereocenters. The second-order valence-corrected chi connectivity index (χ2v) is 2.99. The van der Waals surface area contributed by atoms with Crippen LogP contribution in [0.4, 0.5) is 14.4 Å². The average Bonchev–Trinajstić information content (AvgIpc) is 2.28. The molecule has 0 bridgehead atoms. The smallest absolute Gasteiger partial charge is 0.756 e. The standard InChI is InChI=1S/3CH5N3O.K.H3O4P/c3*2-1(5)4-3;;1-5(2,3)4/h3H3,(H2-,2,4,5);2*3H2,(H3,2,4,5);;(H3,1,2,3,4)/q;;;+1;/p-1. The van der Waals surface area contributed by atoms with Crippen molar-refractivity contribution in [1.29, 1.82) is 0 Å². The van der Waals surface area contributed by atoms with Crippen LogP contribution in [0.25, 0.3) is 5.43 Å². The third kappa shape index (κ3) is 200. The van der Waals surface area contributed by atoms with E-state index in [4.69, 9.17) is 19.2 Å². The van der Waals surface area contributed by atoms with E-state index in [1.54, 1.807) is 10.9 Å². The number of rotatable bonds is 0. The molecule has 0 saturated heterocycles. The molecule has 0 fully saturated rings. The molecule has 0 spiro atoms. The first kappa shape index (κ1) is 32.4. The van der Waals surface area contributed by atoms with Crippen LogP contribution in [-0.4, -0.2) is 27.9 Å². The Hall–Kier alpha value is -0.564. The molecule has 0 aliphatic carbocycles. The molecule has 122 valence electrons. The van der Waals surface area contributed by atoms with Crippen molar-refractivity contribution in [2.24, 2.45) is 28.9 Å². The number of carbonyl (C=O) groups is 3. The predicted octanol–water partition coefficient (Wildman–Crippen LogP) is -8.90. The average molecular weight is 361 g/mol. The van der Waals surface area contributed by atoms with Gasteiger partial charge in [-0.3, -0.25) is 20.2 Å². The molecule has 17 N–H and O–H groups in total. The van der Waals surface area contributed by atoms with Crippen LogP contribution >= 0.6 is 7.82 Å². The minimum Gasteiger partial charge on any atom is -0.756 e. The Labute approximate surface area is 160 Å². The molecule has 0 heterocycles. The zero-order valence-corrected chi connectivity index (χ0v) is 14.9. The van der Waals surface area contributed by atoms with Gasteiger partial charge in [-0.25, -0.2) is 26.7 Å². The van der Waals surface area contributed by atoms with Gasteiger partial charge in [-0.1, -0.05) is 0 Å². The van der Waals surface area contributed by atoms with Crippen molar-refractivity contribution in [3.8, 4) is 0 Å². The van der Waals surface area contributed by atoms with E-state index in [-0.39, 0.29) is 51.4 Å². The Morgan fingerprint density at radius 2 is 1.14 bits per heavy atom. The van der Waals surface area contributed by atoms with Crippen LogP contribution in [0.5, 0.6) is 0 Å². The fourth-order valence-corrected chi connectivity index (χ4v) is 0. The van der Waals surface area contributed by atoms with E-state index in [1.807, 2.05) is 0 Å².